The van der Waals surface area contributed by atoms with Gasteiger partial charge in [-0.05, 0) is 36.4 Å². The largest absolute Gasteiger partial charge is 0.347 e. The molecule has 1 aromatic heterocycles. The lowest BCUT2D eigenvalue weighted by atomic mass is 10.1. The Hall–Kier alpha value is -1.70. The summed E-state index contributed by atoms with van der Waals surface area (Å²) in [6, 6.07) is 10.7. The topological polar surface area (TPSA) is 75.3 Å². The zero-order valence-electron chi connectivity index (χ0n) is 13.1. The number of thiophene rings is 1. The summed E-state index contributed by atoms with van der Waals surface area (Å²) in [6.07, 6.45) is 0. The minimum absolute atomic E-state index is 0.0486. The van der Waals surface area contributed by atoms with Gasteiger partial charge in [-0.3, -0.25) is 4.79 Å². The highest BCUT2D eigenvalue weighted by atomic mass is 32.2. The van der Waals surface area contributed by atoms with Crippen molar-refractivity contribution in [3.05, 3.63) is 57.8 Å². The van der Waals surface area contributed by atoms with Gasteiger partial charge in [-0.2, -0.15) is 0 Å². The number of benzene rings is 1. The fraction of sp³-hybridized carbons (Fsp3) is 0.312. The van der Waals surface area contributed by atoms with Crippen LogP contribution in [-0.2, 0) is 22.3 Å². The summed E-state index contributed by atoms with van der Waals surface area (Å²) in [4.78, 5) is 12.5. The molecule has 0 saturated carbocycles. The minimum Gasteiger partial charge on any atom is -0.347 e. The Balaban J connectivity index is 1.91. The van der Waals surface area contributed by atoms with Gasteiger partial charge in [0.05, 0.1) is 10.6 Å². The Morgan fingerprint density at radius 2 is 1.78 bits per heavy atom. The molecule has 2 rings (SSSR count). The van der Waals surface area contributed by atoms with E-state index in [2.05, 4.69) is 10.0 Å². The number of amides is 1. The van der Waals surface area contributed by atoms with E-state index in [1.165, 1.54) is 11.3 Å². The van der Waals surface area contributed by atoms with Crippen molar-refractivity contribution < 1.29 is 13.2 Å². The predicted molar refractivity (Wildman–Crippen MR) is 92.8 cm³/mol. The van der Waals surface area contributed by atoms with Gasteiger partial charge < -0.3 is 5.32 Å². The standard InChI is InChI=1S/C16H20N2O3S2/c1-12(2)18-23(20,21)11-14-7-5-13(6-8-14)10-17-16(19)15-4-3-9-22-15/h3-9,12,18H,10-11H2,1-2H3,(H,17,19). The summed E-state index contributed by atoms with van der Waals surface area (Å²) in [5, 5.41) is 4.69. The third kappa shape index (κ3) is 5.78. The normalized spacial score (nSPS) is 11.6. The maximum absolute atomic E-state index is 11.9. The molecule has 23 heavy (non-hydrogen) atoms. The molecule has 7 heteroatoms. The predicted octanol–water partition coefficient (Wildman–Crippen LogP) is 2.51. The Kier molecular flexibility index (Phi) is 5.92. The molecule has 5 nitrogen and oxygen atoms in total. The van der Waals surface area contributed by atoms with Crippen LogP contribution in [0.2, 0.25) is 0 Å². The average Bonchev–Trinajstić information content (AvgIpc) is 2.98. The lowest BCUT2D eigenvalue weighted by Crippen LogP contribution is -2.31. The minimum atomic E-state index is -3.32. The number of rotatable bonds is 7. The molecule has 1 aromatic carbocycles. The number of sulfonamides is 1. The molecule has 1 heterocycles. The van der Waals surface area contributed by atoms with Gasteiger partial charge in [0.25, 0.3) is 5.91 Å². The second-order valence-corrected chi connectivity index (χ2v) is 8.21. The molecule has 124 valence electrons. The highest BCUT2D eigenvalue weighted by Crippen LogP contribution is 2.10. The van der Waals surface area contributed by atoms with Crippen LogP contribution < -0.4 is 10.0 Å². The number of carbonyl (C=O) groups is 1. The molecule has 0 aliphatic carbocycles. The fourth-order valence-electron chi connectivity index (χ4n) is 2.05. The monoisotopic (exact) mass is 352 g/mol. The van der Waals surface area contributed by atoms with Crippen molar-refractivity contribution in [3.63, 3.8) is 0 Å². The van der Waals surface area contributed by atoms with Crippen LogP contribution in [0.15, 0.2) is 41.8 Å². The molecule has 0 unspecified atom stereocenters. The van der Waals surface area contributed by atoms with Crippen molar-refractivity contribution in [1.29, 1.82) is 0 Å². The molecule has 0 atom stereocenters. The van der Waals surface area contributed by atoms with Crippen LogP contribution in [0.4, 0.5) is 0 Å². The van der Waals surface area contributed by atoms with Gasteiger partial charge >= 0.3 is 0 Å². The van der Waals surface area contributed by atoms with Crippen LogP contribution in [0.25, 0.3) is 0 Å². The third-order valence-electron chi connectivity index (χ3n) is 2.99. The Morgan fingerprint density at radius 1 is 1.13 bits per heavy atom. The second-order valence-electron chi connectivity index (χ2n) is 5.51. The number of nitrogens with one attached hydrogen (secondary N) is 2. The Bertz CT molecular complexity index is 736. The first-order valence-electron chi connectivity index (χ1n) is 7.25. The smallest absolute Gasteiger partial charge is 0.261 e. The van der Waals surface area contributed by atoms with Gasteiger partial charge in [0, 0.05) is 12.6 Å². The molecule has 2 N–H and O–H groups in total. The van der Waals surface area contributed by atoms with E-state index in [0.29, 0.717) is 17.0 Å². The first-order chi connectivity index (χ1) is 10.9. The van der Waals surface area contributed by atoms with E-state index >= 15 is 0 Å². The summed E-state index contributed by atoms with van der Waals surface area (Å²) in [5.74, 6) is -0.152. The van der Waals surface area contributed by atoms with E-state index in [4.69, 9.17) is 0 Å². The van der Waals surface area contributed by atoms with Gasteiger partial charge in [-0.1, -0.05) is 30.3 Å². The van der Waals surface area contributed by atoms with Gasteiger partial charge in [-0.15, -0.1) is 11.3 Å². The van der Waals surface area contributed by atoms with E-state index < -0.39 is 10.0 Å². The molecule has 0 bridgehead atoms. The van der Waals surface area contributed by atoms with Crippen molar-refractivity contribution >= 4 is 27.3 Å². The maximum atomic E-state index is 11.9. The zero-order valence-corrected chi connectivity index (χ0v) is 14.7. The highest BCUT2D eigenvalue weighted by molar-refractivity contribution is 7.88. The van der Waals surface area contributed by atoms with Crippen LogP contribution in [0.1, 0.15) is 34.6 Å². The molecule has 0 spiro atoms. The molecular formula is C16H20N2O3S2. The molecule has 1 amide bonds. The van der Waals surface area contributed by atoms with Gasteiger partial charge in [0.15, 0.2) is 0 Å². The summed E-state index contributed by atoms with van der Waals surface area (Å²) < 4.78 is 26.3. The molecule has 0 aliphatic heterocycles. The van der Waals surface area contributed by atoms with Crippen LogP contribution >= 0.6 is 11.3 Å². The highest BCUT2D eigenvalue weighted by Gasteiger charge is 2.13. The molecule has 0 aliphatic rings. The van der Waals surface area contributed by atoms with Gasteiger partial charge in [0.1, 0.15) is 0 Å². The summed E-state index contributed by atoms with van der Waals surface area (Å²) in [6.45, 7) is 3.99. The number of hydrogen-bond donors (Lipinski definition) is 2. The van der Waals surface area contributed by atoms with Crippen LogP contribution in [0, 0.1) is 0 Å². The summed E-state index contributed by atoms with van der Waals surface area (Å²) in [7, 11) is -3.32. The average molecular weight is 352 g/mol. The summed E-state index contributed by atoms with van der Waals surface area (Å²) in [5.41, 5.74) is 1.64. The van der Waals surface area contributed by atoms with Crippen molar-refractivity contribution in [1.82, 2.24) is 10.0 Å². The van der Waals surface area contributed by atoms with Crippen molar-refractivity contribution in [2.75, 3.05) is 0 Å². The van der Waals surface area contributed by atoms with Gasteiger partial charge in [0.2, 0.25) is 10.0 Å². The Labute approximate surface area is 140 Å². The second kappa shape index (κ2) is 7.72. The van der Waals surface area contributed by atoms with E-state index in [1.807, 2.05) is 23.6 Å². The number of hydrogen-bond acceptors (Lipinski definition) is 4. The summed E-state index contributed by atoms with van der Waals surface area (Å²) >= 11 is 1.39. The molecule has 0 radical (unpaired) electrons. The SMILES string of the molecule is CC(C)NS(=O)(=O)Cc1ccc(CNC(=O)c2cccs2)cc1. The van der Waals surface area contributed by atoms with E-state index in [-0.39, 0.29) is 17.7 Å². The maximum Gasteiger partial charge on any atom is 0.261 e. The van der Waals surface area contributed by atoms with E-state index in [1.54, 1.807) is 32.0 Å². The van der Waals surface area contributed by atoms with Gasteiger partial charge in [-0.25, -0.2) is 13.1 Å². The third-order valence-corrected chi connectivity index (χ3v) is 5.41. The first kappa shape index (κ1) is 17.7. The lowest BCUT2D eigenvalue weighted by Gasteiger charge is -2.10. The molecule has 0 fully saturated rings. The van der Waals surface area contributed by atoms with E-state index in [0.717, 1.165) is 5.56 Å². The molecular weight excluding hydrogens is 332 g/mol. The zero-order chi connectivity index (χ0) is 16.9. The Morgan fingerprint density at radius 3 is 2.35 bits per heavy atom. The molecule has 0 saturated heterocycles. The van der Waals surface area contributed by atoms with Crippen LogP contribution in [-0.4, -0.2) is 20.4 Å². The first-order valence-corrected chi connectivity index (χ1v) is 9.78. The van der Waals surface area contributed by atoms with Crippen molar-refractivity contribution in [2.24, 2.45) is 0 Å². The quantitative estimate of drug-likeness (QED) is 0.804. The van der Waals surface area contributed by atoms with Crippen molar-refractivity contribution in [3.8, 4) is 0 Å². The van der Waals surface area contributed by atoms with Crippen LogP contribution in [0.3, 0.4) is 0 Å². The van der Waals surface area contributed by atoms with E-state index in [9.17, 15) is 13.2 Å². The fourth-order valence-corrected chi connectivity index (χ4v) is 4.12. The molecule has 2 aromatic rings. The lowest BCUT2D eigenvalue weighted by molar-refractivity contribution is 0.0955. The van der Waals surface area contributed by atoms with Crippen molar-refractivity contribution in [2.45, 2.75) is 32.2 Å². The van der Waals surface area contributed by atoms with Crippen LogP contribution in [0.5, 0.6) is 0 Å². The number of carbonyl (C=O) groups excluding carboxylic acids is 1.